The molecule has 0 saturated carbocycles. The molecule has 2 aromatic heterocycles. The highest BCUT2D eigenvalue weighted by molar-refractivity contribution is 6.12. The van der Waals surface area contributed by atoms with Crippen LogP contribution in [0.1, 0.15) is 40.9 Å². The topological polar surface area (TPSA) is 17.3 Å². The zero-order valence-corrected chi connectivity index (χ0v) is 14.6. The molecule has 4 aromatic rings. The quantitative estimate of drug-likeness (QED) is 0.395. The van der Waals surface area contributed by atoms with E-state index in [2.05, 4.69) is 55.5 Å². The van der Waals surface area contributed by atoms with Crippen LogP contribution < -0.4 is 0 Å². The molecule has 120 valence electrons. The number of pyridine rings is 1. The van der Waals surface area contributed by atoms with Crippen LogP contribution in [0.5, 0.6) is 0 Å². The van der Waals surface area contributed by atoms with E-state index in [9.17, 15) is 0 Å². The molecule has 2 heteroatoms. The summed E-state index contributed by atoms with van der Waals surface area (Å²) in [7, 11) is 0. The second-order valence-corrected chi connectivity index (χ2v) is 7.37. The van der Waals surface area contributed by atoms with Gasteiger partial charge < -0.3 is 0 Å². The summed E-state index contributed by atoms with van der Waals surface area (Å²) in [5, 5.41) is 3.98. The van der Waals surface area contributed by atoms with Gasteiger partial charge in [-0.05, 0) is 75.1 Å². The van der Waals surface area contributed by atoms with Gasteiger partial charge in [-0.1, -0.05) is 23.8 Å². The summed E-state index contributed by atoms with van der Waals surface area (Å²) >= 11 is 0. The zero-order valence-electron chi connectivity index (χ0n) is 14.6. The van der Waals surface area contributed by atoms with Gasteiger partial charge in [0.05, 0.1) is 11.2 Å². The number of nitrogens with zero attached hydrogens (tertiary/aromatic N) is 2. The highest BCUT2D eigenvalue weighted by Gasteiger charge is 2.20. The van der Waals surface area contributed by atoms with Crippen molar-refractivity contribution in [3.8, 4) is 0 Å². The third kappa shape index (κ3) is 1.80. The first-order chi connectivity index (χ1) is 11.6. The van der Waals surface area contributed by atoms with Crippen LogP contribution in [0.2, 0.25) is 0 Å². The molecular formula is C22H22N2. The van der Waals surface area contributed by atoms with Gasteiger partial charge in [0.15, 0.2) is 0 Å². The average Bonchev–Trinajstić information content (AvgIpc) is 2.96. The van der Waals surface area contributed by atoms with E-state index in [4.69, 9.17) is 4.98 Å². The second kappa shape index (κ2) is 4.83. The van der Waals surface area contributed by atoms with Crippen molar-refractivity contribution in [3.05, 3.63) is 58.4 Å². The SMILES string of the molecule is Cc1ccc2c(c1)c1cc(C)c(C)cc1n1c3c(nc21)CCCC3. The predicted octanol–water partition coefficient (Wildman–Crippen LogP) is 5.44. The number of rotatable bonds is 0. The van der Waals surface area contributed by atoms with Crippen molar-refractivity contribution in [2.45, 2.75) is 46.5 Å². The number of fused-ring (bicyclic) bond motifs is 8. The van der Waals surface area contributed by atoms with E-state index in [1.54, 1.807) is 0 Å². The van der Waals surface area contributed by atoms with Crippen LogP contribution in [0.25, 0.3) is 27.3 Å². The first-order valence-electron chi connectivity index (χ1n) is 8.97. The minimum atomic E-state index is 1.12. The lowest BCUT2D eigenvalue weighted by molar-refractivity contribution is 0.662. The number of aromatic nitrogens is 2. The lowest BCUT2D eigenvalue weighted by Crippen LogP contribution is -2.04. The summed E-state index contributed by atoms with van der Waals surface area (Å²) in [5.74, 6) is 0. The van der Waals surface area contributed by atoms with Crippen LogP contribution in [0.15, 0.2) is 30.3 Å². The maximum absolute atomic E-state index is 5.08. The summed E-state index contributed by atoms with van der Waals surface area (Å²) in [4.78, 5) is 5.08. The molecule has 0 N–H and O–H groups in total. The Morgan fingerprint density at radius 3 is 2.50 bits per heavy atom. The molecule has 24 heavy (non-hydrogen) atoms. The first kappa shape index (κ1) is 14.0. The summed E-state index contributed by atoms with van der Waals surface area (Å²) < 4.78 is 2.45. The van der Waals surface area contributed by atoms with E-state index >= 15 is 0 Å². The van der Waals surface area contributed by atoms with Gasteiger partial charge in [-0.3, -0.25) is 4.40 Å². The van der Waals surface area contributed by atoms with Crippen molar-refractivity contribution in [1.82, 2.24) is 9.38 Å². The average molecular weight is 314 g/mol. The Bertz CT molecular complexity index is 1130. The molecule has 0 amide bonds. The molecule has 0 radical (unpaired) electrons. The molecular weight excluding hydrogens is 292 g/mol. The van der Waals surface area contributed by atoms with Gasteiger partial charge in [0.25, 0.3) is 0 Å². The minimum absolute atomic E-state index is 1.12. The normalized spacial score (nSPS) is 14.6. The van der Waals surface area contributed by atoms with Gasteiger partial charge in [-0.25, -0.2) is 4.98 Å². The summed E-state index contributed by atoms with van der Waals surface area (Å²) in [6.07, 6.45) is 4.82. The minimum Gasteiger partial charge on any atom is -0.296 e. The Hall–Kier alpha value is -2.35. The number of hydrogen-bond acceptors (Lipinski definition) is 1. The monoisotopic (exact) mass is 314 g/mol. The predicted molar refractivity (Wildman–Crippen MR) is 101 cm³/mol. The van der Waals surface area contributed by atoms with Gasteiger partial charge in [0.2, 0.25) is 0 Å². The molecule has 2 aromatic carbocycles. The molecule has 0 fully saturated rings. The van der Waals surface area contributed by atoms with Crippen molar-refractivity contribution < 1.29 is 0 Å². The van der Waals surface area contributed by atoms with Crippen molar-refractivity contribution in [2.24, 2.45) is 0 Å². The van der Waals surface area contributed by atoms with E-state index in [-0.39, 0.29) is 0 Å². The molecule has 0 saturated heterocycles. The Morgan fingerprint density at radius 1 is 0.833 bits per heavy atom. The molecule has 0 atom stereocenters. The van der Waals surface area contributed by atoms with Gasteiger partial charge in [-0.15, -0.1) is 0 Å². The van der Waals surface area contributed by atoms with Gasteiger partial charge in [0.1, 0.15) is 5.65 Å². The summed E-state index contributed by atoms with van der Waals surface area (Å²) in [6.45, 7) is 6.60. The van der Waals surface area contributed by atoms with Gasteiger partial charge >= 0.3 is 0 Å². The van der Waals surface area contributed by atoms with Crippen molar-refractivity contribution in [3.63, 3.8) is 0 Å². The second-order valence-electron chi connectivity index (χ2n) is 7.37. The summed E-state index contributed by atoms with van der Waals surface area (Å²) in [6, 6.07) is 11.5. The van der Waals surface area contributed by atoms with E-state index in [1.165, 1.54) is 62.6 Å². The van der Waals surface area contributed by atoms with Crippen LogP contribution >= 0.6 is 0 Å². The van der Waals surface area contributed by atoms with Crippen LogP contribution in [-0.2, 0) is 12.8 Å². The fraction of sp³-hybridized carbons (Fsp3) is 0.318. The van der Waals surface area contributed by atoms with Gasteiger partial charge in [-0.2, -0.15) is 0 Å². The largest absolute Gasteiger partial charge is 0.296 e. The van der Waals surface area contributed by atoms with Crippen LogP contribution in [-0.4, -0.2) is 9.38 Å². The highest BCUT2D eigenvalue weighted by Crippen LogP contribution is 2.35. The van der Waals surface area contributed by atoms with E-state index in [0.29, 0.717) is 0 Å². The molecule has 1 aliphatic carbocycles. The molecule has 1 aliphatic rings. The van der Waals surface area contributed by atoms with E-state index < -0.39 is 0 Å². The number of aryl methyl sites for hydroxylation is 5. The maximum atomic E-state index is 5.08. The van der Waals surface area contributed by atoms with Crippen molar-refractivity contribution in [1.29, 1.82) is 0 Å². The van der Waals surface area contributed by atoms with E-state index in [0.717, 1.165) is 18.5 Å². The molecule has 0 aliphatic heterocycles. The first-order valence-corrected chi connectivity index (χ1v) is 8.97. The van der Waals surface area contributed by atoms with Crippen molar-refractivity contribution >= 4 is 27.3 Å². The fourth-order valence-corrected chi connectivity index (χ4v) is 4.26. The maximum Gasteiger partial charge on any atom is 0.145 e. The lowest BCUT2D eigenvalue weighted by Gasteiger charge is -2.15. The number of imidazole rings is 1. The Balaban J connectivity index is 2.10. The third-order valence-corrected chi connectivity index (χ3v) is 5.69. The summed E-state index contributed by atoms with van der Waals surface area (Å²) in [5.41, 5.74) is 9.24. The molecule has 2 heterocycles. The zero-order chi connectivity index (χ0) is 16.4. The number of hydrogen-bond donors (Lipinski definition) is 0. The Labute approximate surface area is 142 Å². The highest BCUT2D eigenvalue weighted by atomic mass is 15.0. The van der Waals surface area contributed by atoms with Crippen LogP contribution in [0, 0.1) is 20.8 Å². The number of benzene rings is 2. The van der Waals surface area contributed by atoms with Crippen LogP contribution in [0.4, 0.5) is 0 Å². The van der Waals surface area contributed by atoms with Crippen molar-refractivity contribution in [2.75, 3.05) is 0 Å². The molecule has 2 nitrogen and oxygen atoms in total. The Kier molecular flexibility index (Phi) is 2.82. The smallest absolute Gasteiger partial charge is 0.145 e. The fourth-order valence-electron chi connectivity index (χ4n) is 4.26. The Morgan fingerprint density at radius 2 is 1.62 bits per heavy atom. The lowest BCUT2D eigenvalue weighted by atomic mass is 9.98. The standard InChI is InChI=1S/C22H22N2/c1-13-8-9-16-17(10-13)18-11-14(2)15(3)12-21(18)24-20-7-5-4-6-19(20)23-22(16)24/h8-12H,4-7H2,1-3H3. The third-order valence-electron chi connectivity index (χ3n) is 5.69. The molecule has 5 rings (SSSR count). The van der Waals surface area contributed by atoms with Gasteiger partial charge in [0, 0.05) is 16.5 Å². The molecule has 0 unspecified atom stereocenters. The van der Waals surface area contributed by atoms with Crippen LogP contribution in [0.3, 0.4) is 0 Å². The van der Waals surface area contributed by atoms with E-state index in [1.807, 2.05) is 0 Å². The molecule has 0 spiro atoms. The molecule has 0 bridgehead atoms.